The number of benzene rings is 3. The first-order chi connectivity index (χ1) is 16.4. The number of fused-ring (bicyclic) bond motifs is 1. The maximum absolute atomic E-state index is 12.7. The van der Waals surface area contributed by atoms with Crippen LogP contribution < -0.4 is 20.1 Å². The van der Waals surface area contributed by atoms with Gasteiger partial charge in [0.05, 0.1) is 25.3 Å². The van der Waals surface area contributed by atoms with E-state index in [1.54, 1.807) is 27.3 Å². The molecule has 9 heteroatoms. The largest absolute Gasteiger partial charge is 0.493 e. The number of carbonyl (C=O) groups is 2. The Kier molecular flexibility index (Phi) is 7.78. The maximum Gasteiger partial charge on any atom is 0.335 e. The molecule has 1 amide bonds. The molecule has 4 aromatic rings. The van der Waals surface area contributed by atoms with Gasteiger partial charge in [-0.2, -0.15) is 0 Å². The predicted molar refractivity (Wildman–Crippen MR) is 138 cm³/mol. The minimum atomic E-state index is -1.04. The highest BCUT2D eigenvalue weighted by Crippen LogP contribution is 2.38. The van der Waals surface area contributed by atoms with Crippen molar-refractivity contribution in [1.29, 1.82) is 0 Å². The zero-order valence-corrected chi connectivity index (χ0v) is 20.1. The van der Waals surface area contributed by atoms with Crippen LogP contribution in [-0.4, -0.2) is 43.2 Å². The molecule has 0 saturated carbocycles. The molecule has 0 bridgehead atoms. The molecule has 1 aromatic heterocycles. The monoisotopic (exact) mass is 493 g/mol. The molecule has 0 aliphatic heterocycles. The average Bonchev–Trinajstić information content (AvgIpc) is 2.87. The van der Waals surface area contributed by atoms with Crippen molar-refractivity contribution in [2.45, 2.75) is 0 Å². The molecule has 4 rings (SSSR count). The third kappa shape index (κ3) is 5.28. The first kappa shape index (κ1) is 25.3. The lowest BCUT2D eigenvalue weighted by atomic mass is 9.99. The summed E-state index contributed by atoms with van der Waals surface area (Å²) in [6.45, 7) is 0. The number of rotatable bonds is 7. The van der Waals surface area contributed by atoms with E-state index in [9.17, 15) is 9.59 Å². The molecule has 0 fully saturated rings. The van der Waals surface area contributed by atoms with Crippen LogP contribution >= 0.6 is 12.4 Å². The lowest BCUT2D eigenvalue weighted by Gasteiger charge is -2.14. The number of nitrogens with zero attached hydrogens (tertiary/aromatic N) is 1. The Balaban J connectivity index is 0.00000342. The topological polar surface area (TPSA) is 110 Å². The zero-order valence-electron chi connectivity index (χ0n) is 19.3. The Morgan fingerprint density at radius 3 is 2.17 bits per heavy atom. The van der Waals surface area contributed by atoms with Crippen molar-refractivity contribution >= 4 is 46.7 Å². The van der Waals surface area contributed by atoms with Gasteiger partial charge in [-0.25, -0.2) is 9.78 Å². The second kappa shape index (κ2) is 10.8. The first-order valence-corrected chi connectivity index (χ1v) is 10.4. The van der Waals surface area contributed by atoms with Crippen LogP contribution in [-0.2, 0) is 0 Å². The van der Waals surface area contributed by atoms with Crippen LogP contribution in [0.2, 0.25) is 0 Å². The molecule has 0 saturated heterocycles. The fourth-order valence-corrected chi connectivity index (χ4v) is 3.65. The zero-order chi connectivity index (χ0) is 24.2. The molecule has 0 radical (unpaired) electrons. The van der Waals surface area contributed by atoms with Gasteiger partial charge < -0.3 is 25.2 Å². The SMILES string of the molecule is CNc1cc(-c2cccc(NC(=O)c3ccc(C(=O)O)cc3)c2)c2cc(OC)c(OC)cc2n1.Cl. The fourth-order valence-electron chi connectivity index (χ4n) is 3.65. The minimum absolute atomic E-state index is 0. The number of halogens is 1. The van der Waals surface area contributed by atoms with Gasteiger partial charge in [-0.1, -0.05) is 12.1 Å². The predicted octanol–water partition coefficient (Wildman–Crippen LogP) is 5.33. The smallest absolute Gasteiger partial charge is 0.335 e. The summed E-state index contributed by atoms with van der Waals surface area (Å²) in [7, 11) is 4.96. The van der Waals surface area contributed by atoms with Gasteiger partial charge in [0.15, 0.2) is 11.5 Å². The Hall–Kier alpha value is -4.30. The highest BCUT2D eigenvalue weighted by atomic mass is 35.5. The highest BCUT2D eigenvalue weighted by Gasteiger charge is 2.14. The van der Waals surface area contributed by atoms with Crippen molar-refractivity contribution < 1.29 is 24.2 Å². The number of carboxylic acid groups (broad SMARTS) is 1. The molecule has 8 nitrogen and oxygen atoms in total. The van der Waals surface area contributed by atoms with Crippen LogP contribution in [0, 0.1) is 0 Å². The summed E-state index contributed by atoms with van der Waals surface area (Å²) >= 11 is 0. The van der Waals surface area contributed by atoms with Crippen molar-refractivity contribution in [1.82, 2.24) is 4.98 Å². The molecular weight excluding hydrogens is 470 g/mol. The second-order valence-electron chi connectivity index (χ2n) is 7.45. The Bertz CT molecular complexity index is 1390. The van der Waals surface area contributed by atoms with Gasteiger partial charge in [0.2, 0.25) is 0 Å². The van der Waals surface area contributed by atoms with Crippen molar-refractivity contribution in [3.05, 3.63) is 77.9 Å². The van der Waals surface area contributed by atoms with Crippen LogP contribution in [0.1, 0.15) is 20.7 Å². The number of aromatic carboxylic acids is 1. The number of carbonyl (C=O) groups excluding carboxylic acids is 1. The third-order valence-electron chi connectivity index (χ3n) is 5.40. The van der Waals surface area contributed by atoms with Gasteiger partial charge in [-0.3, -0.25) is 4.79 Å². The normalized spacial score (nSPS) is 10.3. The van der Waals surface area contributed by atoms with Gasteiger partial charge in [0.1, 0.15) is 5.82 Å². The van der Waals surface area contributed by atoms with Gasteiger partial charge in [-0.15, -0.1) is 12.4 Å². The Morgan fingerprint density at radius 2 is 1.54 bits per heavy atom. The number of pyridine rings is 1. The molecule has 35 heavy (non-hydrogen) atoms. The first-order valence-electron chi connectivity index (χ1n) is 10.4. The second-order valence-corrected chi connectivity index (χ2v) is 7.45. The quantitative estimate of drug-likeness (QED) is 0.319. The number of hydrogen-bond acceptors (Lipinski definition) is 6. The molecule has 180 valence electrons. The fraction of sp³-hybridized carbons (Fsp3) is 0.115. The summed E-state index contributed by atoms with van der Waals surface area (Å²) in [6.07, 6.45) is 0. The Labute approximate surface area is 208 Å². The average molecular weight is 494 g/mol. The molecule has 3 aromatic carbocycles. The van der Waals surface area contributed by atoms with E-state index in [2.05, 4.69) is 15.6 Å². The molecule has 0 atom stereocenters. The summed E-state index contributed by atoms with van der Waals surface area (Å²) in [5.41, 5.74) is 3.58. The number of hydrogen-bond donors (Lipinski definition) is 3. The van der Waals surface area contributed by atoms with E-state index in [4.69, 9.17) is 14.6 Å². The number of amides is 1. The number of anilines is 2. The van der Waals surface area contributed by atoms with Crippen LogP contribution in [0.25, 0.3) is 22.0 Å². The van der Waals surface area contributed by atoms with Gasteiger partial charge >= 0.3 is 5.97 Å². The van der Waals surface area contributed by atoms with Crippen LogP contribution in [0.15, 0.2) is 66.7 Å². The van der Waals surface area contributed by atoms with E-state index in [1.807, 2.05) is 36.4 Å². The van der Waals surface area contributed by atoms with Crippen LogP contribution in [0.5, 0.6) is 11.5 Å². The van der Waals surface area contributed by atoms with Crippen molar-refractivity contribution in [2.24, 2.45) is 0 Å². The molecule has 3 N–H and O–H groups in total. The lowest BCUT2D eigenvalue weighted by Crippen LogP contribution is -2.12. The molecule has 0 aliphatic rings. The number of methoxy groups -OCH3 is 2. The van der Waals surface area contributed by atoms with E-state index in [0.717, 1.165) is 22.0 Å². The standard InChI is InChI=1S/C26H23N3O5.ClH/c1-27-24-13-19(20-12-22(33-2)23(34-3)14-21(20)29-24)17-5-4-6-18(11-17)28-25(30)15-7-9-16(10-8-15)26(31)32;/h4-14H,1-3H3,(H,27,29)(H,28,30)(H,31,32);1H. The highest BCUT2D eigenvalue weighted by molar-refractivity contribution is 6.05. The molecular formula is C26H24ClN3O5. The summed E-state index contributed by atoms with van der Waals surface area (Å²) in [6, 6.07) is 18.9. The summed E-state index contributed by atoms with van der Waals surface area (Å²) in [5, 5.41) is 15.9. The number of ether oxygens (including phenoxy) is 2. The van der Waals surface area contributed by atoms with Crippen molar-refractivity contribution in [3.8, 4) is 22.6 Å². The Morgan fingerprint density at radius 1 is 0.886 bits per heavy atom. The van der Waals surface area contributed by atoms with E-state index in [-0.39, 0.29) is 23.9 Å². The van der Waals surface area contributed by atoms with E-state index in [0.29, 0.717) is 28.6 Å². The van der Waals surface area contributed by atoms with Crippen molar-refractivity contribution in [3.63, 3.8) is 0 Å². The van der Waals surface area contributed by atoms with Crippen molar-refractivity contribution in [2.75, 3.05) is 31.9 Å². The summed E-state index contributed by atoms with van der Waals surface area (Å²) in [4.78, 5) is 28.4. The number of aromatic nitrogens is 1. The number of carboxylic acids is 1. The maximum atomic E-state index is 12.7. The van der Waals surface area contributed by atoms with E-state index in [1.165, 1.54) is 24.3 Å². The van der Waals surface area contributed by atoms with Crippen LogP contribution in [0.3, 0.4) is 0 Å². The van der Waals surface area contributed by atoms with E-state index < -0.39 is 5.97 Å². The molecule has 0 unspecified atom stereocenters. The summed E-state index contributed by atoms with van der Waals surface area (Å²) in [5.74, 6) is 0.472. The van der Waals surface area contributed by atoms with Gasteiger partial charge in [0, 0.05) is 29.8 Å². The lowest BCUT2D eigenvalue weighted by molar-refractivity contribution is 0.0696. The van der Waals surface area contributed by atoms with Crippen LogP contribution in [0.4, 0.5) is 11.5 Å². The van der Waals surface area contributed by atoms with E-state index >= 15 is 0 Å². The van der Waals surface area contributed by atoms with Gasteiger partial charge in [0.25, 0.3) is 5.91 Å². The number of nitrogens with one attached hydrogen (secondary N) is 2. The summed E-state index contributed by atoms with van der Waals surface area (Å²) < 4.78 is 10.9. The minimum Gasteiger partial charge on any atom is -0.493 e. The third-order valence-corrected chi connectivity index (χ3v) is 5.40. The molecule has 0 aliphatic carbocycles. The molecule has 0 spiro atoms. The van der Waals surface area contributed by atoms with Gasteiger partial charge in [-0.05, 0) is 59.7 Å². The molecule has 1 heterocycles.